The molecule has 0 aromatic heterocycles. The summed E-state index contributed by atoms with van der Waals surface area (Å²) in [6, 6.07) is 1.52. The number of methoxy groups -OCH3 is 1. The van der Waals surface area contributed by atoms with Gasteiger partial charge in [0.15, 0.2) is 29.2 Å². The fourth-order valence-corrected chi connectivity index (χ4v) is 5.39. The molecule has 7 atom stereocenters. The highest BCUT2D eigenvalue weighted by Crippen LogP contribution is 2.51. The summed E-state index contributed by atoms with van der Waals surface area (Å²) in [5.74, 6) is -1.69. The number of carbonyl (C=O) groups excluding carboxylic acids is 1. The van der Waals surface area contributed by atoms with Gasteiger partial charge in [-0.2, -0.15) is 0 Å². The summed E-state index contributed by atoms with van der Waals surface area (Å²) in [4.78, 5) is 13.7. The van der Waals surface area contributed by atoms with Crippen molar-refractivity contribution >= 4 is 5.78 Å². The number of rotatable bonds is 3. The van der Waals surface area contributed by atoms with Crippen molar-refractivity contribution in [2.45, 2.75) is 82.6 Å². The van der Waals surface area contributed by atoms with Crippen molar-refractivity contribution in [3.63, 3.8) is 0 Å². The number of aromatic hydroxyl groups is 2. The molecule has 8 nitrogen and oxygen atoms in total. The molecule has 2 saturated heterocycles. The molecule has 3 aliphatic rings. The molecular weight excluding hydrogens is 428 g/mol. The summed E-state index contributed by atoms with van der Waals surface area (Å²) >= 11 is 0. The van der Waals surface area contributed by atoms with Crippen LogP contribution in [0.5, 0.6) is 17.2 Å². The van der Waals surface area contributed by atoms with Gasteiger partial charge in [0.05, 0.1) is 31.0 Å². The number of aliphatic hydroxyl groups excluding tert-OH is 2. The lowest BCUT2D eigenvalue weighted by atomic mass is 9.79. The Morgan fingerprint density at radius 2 is 2.00 bits per heavy atom. The molecule has 8 heteroatoms. The Balaban J connectivity index is 1.70. The smallest absolute Gasteiger partial charge is 0.203 e. The summed E-state index contributed by atoms with van der Waals surface area (Å²) in [6.45, 7) is 3.93. The second-order valence-corrected chi connectivity index (χ2v) is 9.47. The van der Waals surface area contributed by atoms with E-state index in [0.717, 1.165) is 6.42 Å². The zero-order chi connectivity index (χ0) is 23.9. The van der Waals surface area contributed by atoms with Crippen LogP contribution in [0, 0.1) is 11.8 Å². The number of phenols is 2. The molecule has 4 rings (SSSR count). The number of epoxide rings is 1. The zero-order valence-corrected chi connectivity index (χ0v) is 19.4. The predicted octanol–water partition coefficient (Wildman–Crippen LogP) is 2.84. The van der Waals surface area contributed by atoms with Crippen LogP contribution < -0.4 is 4.74 Å². The van der Waals surface area contributed by atoms with E-state index in [1.54, 1.807) is 0 Å². The van der Waals surface area contributed by atoms with E-state index in [0.29, 0.717) is 31.2 Å². The van der Waals surface area contributed by atoms with Gasteiger partial charge in [-0.25, -0.2) is 0 Å². The Kier molecular flexibility index (Phi) is 6.73. The van der Waals surface area contributed by atoms with Crippen LogP contribution >= 0.6 is 0 Å². The fourth-order valence-electron chi connectivity index (χ4n) is 5.39. The van der Waals surface area contributed by atoms with Crippen molar-refractivity contribution in [3.8, 4) is 17.2 Å². The van der Waals surface area contributed by atoms with Gasteiger partial charge in [-0.3, -0.25) is 4.79 Å². The number of Topliss-reactive ketones (excluding diaryl/α,β-unsaturated/α-hetero) is 1. The van der Waals surface area contributed by atoms with Crippen LogP contribution in [0.4, 0.5) is 0 Å². The number of hydrogen-bond acceptors (Lipinski definition) is 8. The van der Waals surface area contributed by atoms with Crippen LogP contribution in [0.1, 0.15) is 61.9 Å². The largest absolute Gasteiger partial charge is 0.504 e. The fraction of sp³-hybridized carbons (Fsp3) is 0.640. The number of carbonyl (C=O) groups is 1. The number of fused-ring (bicyclic) bond motifs is 2. The van der Waals surface area contributed by atoms with Crippen molar-refractivity contribution in [1.82, 2.24) is 0 Å². The SMILES string of the molecule is CC[C@@H]1OC12C(O)O[C@@H](C1CCCC=CC(C)Cc3cc(c(O)c(OC)c3O)C1=O)C[C@H]2O. The van der Waals surface area contributed by atoms with E-state index in [2.05, 4.69) is 12.2 Å². The molecule has 1 aliphatic carbocycles. The normalized spacial score (nSPS) is 36.8. The molecule has 2 fully saturated rings. The Bertz CT molecular complexity index is 913. The Morgan fingerprint density at radius 1 is 1.24 bits per heavy atom. The van der Waals surface area contributed by atoms with Gasteiger partial charge in [0.1, 0.15) is 0 Å². The van der Waals surface area contributed by atoms with Gasteiger partial charge >= 0.3 is 0 Å². The Hall–Kier alpha value is -2.13. The minimum atomic E-state index is -1.34. The van der Waals surface area contributed by atoms with E-state index < -0.39 is 35.8 Å². The van der Waals surface area contributed by atoms with Crippen molar-refractivity contribution in [2.75, 3.05) is 7.11 Å². The molecule has 33 heavy (non-hydrogen) atoms. The van der Waals surface area contributed by atoms with Crippen LogP contribution in [-0.2, 0) is 15.9 Å². The summed E-state index contributed by atoms with van der Waals surface area (Å²) in [6.07, 6.45) is 3.95. The van der Waals surface area contributed by atoms with E-state index >= 15 is 0 Å². The summed E-state index contributed by atoms with van der Waals surface area (Å²) in [7, 11) is 1.33. The first-order chi connectivity index (χ1) is 15.7. The third-order valence-corrected chi connectivity index (χ3v) is 7.28. The summed E-state index contributed by atoms with van der Waals surface area (Å²) < 4.78 is 16.7. The monoisotopic (exact) mass is 462 g/mol. The number of aliphatic hydroxyl groups is 2. The first kappa shape index (κ1) is 24.0. The third kappa shape index (κ3) is 4.14. The number of hydrogen-bond donors (Lipinski definition) is 4. The van der Waals surface area contributed by atoms with E-state index in [4.69, 9.17) is 14.2 Å². The summed E-state index contributed by atoms with van der Waals surface area (Å²) in [5, 5.41) is 42.9. The van der Waals surface area contributed by atoms with Crippen LogP contribution in [0.2, 0.25) is 0 Å². The molecule has 2 aliphatic heterocycles. The lowest BCUT2D eigenvalue weighted by Crippen LogP contribution is -2.55. The number of ketones is 1. The maximum atomic E-state index is 13.7. The molecule has 0 saturated carbocycles. The first-order valence-corrected chi connectivity index (χ1v) is 11.8. The lowest BCUT2D eigenvalue weighted by molar-refractivity contribution is -0.239. The molecule has 4 N–H and O–H groups in total. The molecule has 0 amide bonds. The van der Waals surface area contributed by atoms with Gasteiger partial charge < -0.3 is 34.6 Å². The molecule has 182 valence electrons. The van der Waals surface area contributed by atoms with Crippen LogP contribution in [0.25, 0.3) is 0 Å². The van der Waals surface area contributed by atoms with Gasteiger partial charge in [0.25, 0.3) is 0 Å². The number of ether oxygens (including phenoxy) is 3. The van der Waals surface area contributed by atoms with Crippen molar-refractivity contribution in [3.05, 3.63) is 29.3 Å². The maximum Gasteiger partial charge on any atom is 0.203 e. The average molecular weight is 463 g/mol. The molecule has 0 radical (unpaired) electrons. The summed E-state index contributed by atoms with van der Waals surface area (Å²) in [5.41, 5.74) is -0.580. The van der Waals surface area contributed by atoms with E-state index in [9.17, 15) is 25.2 Å². The third-order valence-electron chi connectivity index (χ3n) is 7.28. The second-order valence-electron chi connectivity index (χ2n) is 9.47. The molecule has 2 heterocycles. The zero-order valence-electron chi connectivity index (χ0n) is 19.4. The Labute approximate surface area is 193 Å². The van der Waals surface area contributed by atoms with Crippen molar-refractivity contribution in [2.24, 2.45) is 11.8 Å². The van der Waals surface area contributed by atoms with Gasteiger partial charge in [-0.15, -0.1) is 0 Å². The maximum absolute atomic E-state index is 13.7. The highest BCUT2D eigenvalue weighted by Gasteiger charge is 2.68. The number of allylic oxidation sites excluding steroid dienone is 2. The topological polar surface area (TPSA) is 129 Å². The van der Waals surface area contributed by atoms with Gasteiger partial charge in [-0.05, 0) is 49.7 Å². The minimum absolute atomic E-state index is 0.0448. The van der Waals surface area contributed by atoms with Gasteiger partial charge in [-0.1, -0.05) is 26.0 Å². The van der Waals surface area contributed by atoms with E-state index in [-0.39, 0.29) is 41.3 Å². The number of phenolic OH excluding ortho intramolecular Hbond substituents is 2. The van der Waals surface area contributed by atoms with Crippen molar-refractivity contribution < 1.29 is 39.4 Å². The molecule has 1 aromatic rings. The number of benzene rings is 1. The molecular formula is C25H34O8. The van der Waals surface area contributed by atoms with E-state index in [1.807, 2.05) is 13.8 Å². The minimum Gasteiger partial charge on any atom is -0.504 e. The van der Waals surface area contributed by atoms with Crippen molar-refractivity contribution in [1.29, 1.82) is 0 Å². The van der Waals surface area contributed by atoms with Crippen LogP contribution in [0.15, 0.2) is 18.2 Å². The highest BCUT2D eigenvalue weighted by atomic mass is 16.7. The first-order valence-electron chi connectivity index (χ1n) is 11.8. The molecule has 1 spiro atoms. The van der Waals surface area contributed by atoms with Crippen LogP contribution in [-0.4, -0.2) is 63.5 Å². The van der Waals surface area contributed by atoms with E-state index in [1.165, 1.54) is 13.2 Å². The average Bonchev–Trinajstić information content (AvgIpc) is 3.52. The Morgan fingerprint density at radius 3 is 2.64 bits per heavy atom. The van der Waals surface area contributed by atoms with Gasteiger partial charge in [0.2, 0.25) is 5.75 Å². The predicted molar refractivity (Wildman–Crippen MR) is 119 cm³/mol. The second kappa shape index (κ2) is 9.25. The standard InChI is InChI=1S/C25H34O8/c1-4-19-25(33-19)18(26)12-17(32-24(25)30)15-9-7-5-6-8-13(2)10-14-11-16(21(15)28)22(29)23(31-3)20(14)27/h6,8,11,13,15,17-19,24,26-27,29-30H,4-5,7,9-10,12H2,1-3H3/t13?,15?,17-,18-,19+,24?,25?/m1/s1. The van der Waals surface area contributed by atoms with Gasteiger partial charge in [0, 0.05) is 12.3 Å². The lowest BCUT2D eigenvalue weighted by Gasteiger charge is -2.39. The highest BCUT2D eigenvalue weighted by molar-refractivity contribution is 6.02. The molecule has 2 bridgehead atoms. The molecule has 4 unspecified atom stereocenters. The van der Waals surface area contributed by atoms with Crippen LogP contribution in [0.3, 0.4) is 0 Å². The quantitative estimate of drug-likeness (QED) is 0.399. The molecule has 1 aromatic carbocycles.